The number of amides is 1. The van der Waals surface area contributed by atoms with Crippen molar-refractivity contribution in [2.75, 3.05) is 24.7 Å². The van der Waals surface area contributed by atoms with Crippen molar-refractivity contribution in [3.05, 3.63) is 63.2 Å². The van der Waals surface area contributed by atoms with Gasteiger partial charge in [-0.1, -0.05) is 0 Å². The summed E-state index contributed by atoms with van der Waals surface area (Å²) in [6.07, 6.45) is 0.884. The van der Waals surface area contributed by atoms with Crippen LogP contribution in [0.3, 0.4) is 0 Å². The van der Waals surface area contributed by atoms with E-state index in [1.165, 1.54) is 0 Å². The molecule has 29 heavy (non-hydrogen) atoms. The zero-order valence-corrected chi connectivity index (χ0v) is 15.4. The number of nitro benzene ring substituents is 1. The number of sulfone groups is 1. The van der Waals surface area contributed by atoms with E-state index < -0.39 is 55.2 Å². The average molecular weight is 435 g/mol. The van der Waals surface area contributed by atoms with Gasteiger partial charge in [0, 0.05) is 25.4 Å². The van der Waals surface area contributed by atoms with E-state index in [1.807, 2.05) is 0 Å². The molecule has 1 amide bonds. The fourth-order valence-corrected chi connectivity index (χ4v) is 2.89. The van der Waals surface area contributed by atoms with Gasteiger partial charge in [-0.2, -0.15) is 0 Å². The zero-order valence-electron chi connectivity index (χ0n) is 14.6. The fourth-order valence-electron chi connectivity index (χ4n) is 2.25. The summed E-state index contributed by atoms with van der Waals surface area (Å²) >= 11 is 0. The first kappa shape index (κ1) is 22.1. The van der Waals surface area contributed by atoms with Gasteiger partial charge in [0.15, 0.2) is 33.1 Å². The van der Waals surface area contributed by atoms with Crippen LogP contribution >= 0.6 is 0 Å². The van der Waals surface area contributed by atoms with E-state index in [-0.39, 0.29) is 29.7 Å². The minimum absolute atomic E-state index is 0.0540. The predicted octanol–water partition coefficient (Wildman–Crippen LogP) is 2.40. The number of hydrogen-bond donors (Lipinski definition) is 2. The van der Waals surface area contributed by atoms with Crippen molar-refractivity contribution in [1.29, 1.82) is 0 Å². The molecule has 13 heteroatoms. The summed E-state index contributed by atoms with van der Waals surface area (Å²) in [7, 11) is -3.67. The van der Waals surface area contributed by atoms with Gasteiger partial charge in [0.05, 0.1) is 15.4 Å². The molecule has 0 bridgehead atoms. The van der Waals surface area contributed by atoms with Gasteiger partial charge in [0.25, 0.3) is 11.6 Å². The molecule has 2 rings (SSSR count). The van der Waals surface area contributed by atoms with Gasteiger partial charge >= 0.3 is 0 Å². The second kappa shape index (κ2) is 8.43. The minimum atomic E-state index is -3.67. The molecule has 156 valence electrons. The van der Waals surface area contributed by atoms with E-state index in [2.05, 4.69) is 10.6 Å². The van der Waals surface area contributed by atoms with Gasteiger partial charge in [0.1, 0.15) is 5.69 Å². The van der Waals surface area contributed by atoms with Crippen LogP contribution in [0, 0.1) is 33.4 Å². The summed E-state index contributed by atoms with van der Waals surface area (Å²) < 4.78 is 75.8. The number of nitro groups is 1. The molecule has 0 aliphatic rings. The molecule has 0 fully saturated rings. The summed E-state index contributed by atoms with van der Waals surface area (Å²) in [5, 5.41) is 15.8. The molecular formula is C16H13F4N3O5S. The summed E-state index contributed by atoms with van der Waals surface area (Å²) in [6, 6.07) is 3.35. The Morgan fingerprint density at radius 2 is 1.72 bits per heavy atom. The number of benzene rings is 2. The number of nitrogens with zero attached hydrogens (tertiary/aromatic N) is 1. The third-order valence-corrected chi connectivity index (χ3v) is 4.78. The maximum absolute atomic E-state index is 13.6. The smallest absolute Gasteiger partial charge is 0.293 e. The molecule has 0 heterocycles. The Morgan fingerprint density at radius 3 is 2.31 bits per heavy atom. The van der Waals surface area contributed by atoms with Crippen LogP contribution in [0.25, 0.3) is 0 Å². The highest BCUT2D eigenvalue weighted by Crippen LogP contribution is 2.27. The molecule has 0 aliphatic heterocycles. The van der Waals surface area contributed by atoms with Gasteiger partial charge in [-0.3, -0.25) is 14.9 Å². The Bertz CT molecular complexity index is 1090. The van der Waals surface area contributed by atoms with E-state index in [9.17, 15) is 40.9 Å². The molecule has 2 aromatic rings. The van der Waals surface area contributed by atoms with Gasteiger partial charge in [0.2, 0.25) is 0 Å². The Morgan fingerprint density at radius 1 is 1.07 bits per heavy atom. The first-order chi connectivity index (χ1) is 13.4. The SMILES string of the molecule is CS(=O)(=O)c1ccc(NCCNC(=O)c2cc(F)c(F)c(F)c2F)c([N+](=O)[O-])c1. The number of carbonyl (C=O) groups is 1. The molecule has 0 saturated heterocycles. The third-order valence-electron chi connectivity index (χ3n) is 3.67. The van der Waals surface area contributed by atoms with E-state index in [4.69, 9.17) is 0 Å². The predicted molar refractivity (Wildman–Crippen MR) is 93.3 cm³/mol. The largest absolute Gasteiger partial charge is 0.378 e. The number of nitrogens with one attached hydrogen (secondary N) is 2. The first-order valence-electron chi connectivity index (χ1n) is 7.77. The van der Waals surface area contributed by atoms with Gasteiger partial charge in [-0.05, 0) is 18.2 Å². The summed E-state index contributed by atoms with van der Waals surface area (Å²) in [4.78, 5) is 21.9. The number of anilines is 1. The van der Waals surface area contributed by atoms with E-state index in [1.54, 1.807) is 0 Å². The number of hydrogen-bond acceptors (Lipinski definition) is 6. The van der Waals surface area contributed by atoms with Crippen LogP contribution in [0.1, 0.15) is 10.4 Å². The van der Waals surface area contributed by atoms with Crippen molar-refractivity contribution < 1.29 is 35.7 Å². The monoisotopic (exact) mass is 435 g/mol. The maximum atomic E-state index is 13.6. The van der Waals surface area contributed by atoms with Crippen LogP contribution in [0.5, 0.6) is 0 Å². The maximum Gasteiger partial charge on any atom is 0.293 e. The second-order valence-corrected chi connectivity index (χ2v) is 7.75. The van der Waals surface area contributed by atoms with Crippen LogP contribution in [0.4, 0.5) is 28.9 Å². The molecule has 2 aromatic carbocycles. The third kappa shape index (κ3) is 4.99. The highest BCUT2D eigenvalue weighted by Gasteiger charge is 2.23. The van der Waals surface area contributed by atoms with Gasteiger partial charge in [-0.15, -0.1) is 0 Å². The highest BCUT2D eigenvalue weighted by molar-refractivity contribution is 7.90. The van der Waals surface area contributed by atoms with Crippen molar-refractivity contribution in [2.24, 2.45) is 0 Å². The lowest BCUT2D eigenvalue weighted by atomic mass is 10.1. The molecule has 0 radical (unpaired) electrons. The van der Waals surface area contributed by atoms with Crippen LogP contribution in [0.2, 0.25) is 0 Å². The lowest BCUT2D eigenvalue weighted by molar-refractivity contribution is -0.384. The van der Waals surface area contributed by atoms with Crippen LogP contribution < -0.4 is 10.6 Å². The molecule has 0 aromatic heterocycles. The molecule has 0 unspecified atom stereocenters. The molecule has 0 aliphatic carbocycles. The summed E-state index contributed by atoms with van der Waals surface area (Å²) in [5.41, 5.74) is -1.64. The van der Waals surface area contributed by atoms with E-state index >= 15 is 0 Å². The summed E-state index contributed by atoms with van der Waals surface area (Å²) in [5.74, 6) is -9.01. The van der Waals surface area contributed by atoms with Crippen molar-refractivity contribution in [2.45, 2.75) is 4.90 Å². The van der Waals surface area contributed by atoms with Crippen molar-refractivity contribution >= 4 is 27.1 Å². The topological polar surface area (TPSA) is 118 Å². The molecule has 2 N–H and O–H groups in total. The lowest BCUT2D eigenvalue weighted by Gasteiger charge is -2.10. The van der Waals surface area contributed by atoms with E-state index in [0.29, 0.717) is 0 Å². The van der Waals surface area contributed by atoms with Crippen LogP contribution in [0.15, 0.2) is 29.2 Å². The van der Waals surface area contributed by atoms with Crippen molar-refractivity contribution in [3.63, 3.8) is 0 Å². The summed E-state index contributed by atoms with van der Waals surface area (Å²) in [6.45, 7) is -0.400. The molecular weight excluding hydrogens is 422 g/mol. The number of carbonyl (C=O) groups excluding carboxylic acids is 1. The van der Waals surface area contributed by atoms with E-state index in [0.717, 1.165) is 24.5 Å². The quantitative estimate of drug-likeness (QED) is 0.172. The standard InChI is InChI=1S/C16H13F4N3O5S/c1-29(27,28)8-2-3-11(12(6-8)23(25)26)21-4-5-22-16(24)9-7-10(17)14(19)15(20)13(9)18/h2-3,6-7,21H,4-5H2,1H3,(H,22,24). The molecule has 0 saturated carbocycles. The highest BCUT2D eigenvalue weighted by atomic mass is 32.2. The lowest BCUT2D eigenvalue weighted by Crippen LogP contribution is -2.30. The van der Waals surface area contributed by atoms with Crippen LogP contribution in [-0.2, 0) is 9.84 Å². The molecule has 0 atom stereocenters. The fraction of sp³-hybridized carbons (Fsp3) is 0.188. The van der Waals surface area contributed by atoms with Crippen molar-refractivity contribution in [1.82, 2.24) is 5.32 Å². The molecule has 0 spiro atoms. The minimum Gasteiger partial charge on any atom is -0.378 e. The van der Waals surface area contributed by atoms with Gasteiger partial charge < -0.3 is 10.6 Å². The first-order valence-corrected chi connectivity index (χ1v) is 9.66. The number of halogens is 4. The Balaban J connectivity index is 2.06. The average Bonchev–Trinajstić information content (AvgIpc) is 2.65. The Labute approximate surface area is 161 Å². The van der Waals surface area contributed by atoms with Gasteiger partial charge in [-0.25, -0.2) is 26.0 Å². The second-order valence-electron chi connectivity index (χ2n) is 5.74. The zero-order chi connectivity index (χ0) is 21.9. The molecule has 8 nitrogen and oxygen atoms in total. The van der Waals surface area contributed by atoms with Crippen LogP contribution in [-0.4, -0.2) is 38.6 Å². The Kier molecular flexibility index (Phi) is 6.41. The Hall–Kier alpha value is -3.22. The normalized spacial score (nSPS) is 11.2. The van der Waals surface area contributed by atoms with Crippen molar-refractivity contribution in [3.8, 4) is 0 Å². The number of rotatable bonds is 7.